The fraction of sp³-hybridized carbons (Fsp3) is 0.857. The number of nitrogens with one attached hydrogen (secondary N) is 1. The standard InChI is InChI=1S/C21H35N3O7S/c1-21(2,3)31-20(28)22-16(13-8-6-5-7-9-13)18(25)23-11-10-15-17(23)14(19(26)27)12-24(15)32(4,29)30/h13-17H,5-12H2,1-4H3,(H,22,28)(H,26,27). The maximum Gasteiger partial charge on any atom is 0.408 e. The largest absolute Gasteiger partial charge is 0.481 e. The highest BCUT2D eigenvalue weighted by atomic mass is 32.2. The summed E-state index contributed by atoms with van der Waals surface area (Å²) in [7, 11) is -3.61. The van der Waals surface area contributed by atoms with E-state index in [0.29, 0.717) is 6.42 Å². The van der Waals surface area contributed by atoms with Gasteiger partial charge in [-0.3, -0.25) is 9.59 Å². The third kappa shape index (κ3) is 5.36. The summed E-state index contributed by atoms with van der Waals surface area (Å²) < 4.78 is 31.1. The number of likely N-dealkylation sites (tertiary alicyclic amines) is 1. The van der Waals surface area contributed by atoms with Crippen molar-refractivity contribution in [1.82, 2.24) is 14.5 Å². The minimum Gasteiger partial charge on any atom is -0.481 e. The second-order valence-corrected chi connectivity index (χ2v) is 12.1. The number of carboxylic acid groups (broad SMARTS) is 1. The molecule has 2 aliphatic heterocycles. The molecule has 0 spiro atoms. The highest BCUT2D eigenvalue weighted by Gasteiger charge is 2.56. The molecule has 0 aromatic rings. The monoisotopic (exact) mass is 473 g/mol. The van der Waals surface area contributed by atoms with E-state index in [-0.39, 0.29) is 24.9 Å². The first kappa shape index (κ1) is 24.8. The average Bonchev–Trinajstić information content (AvgIpc) is 3.24. The van der Waals surface area contributed by atoms with Crippen molar-refractivity contribution in [2.45, 2.75) is 83.0 Å². The van der Waals surface area contributed by atoms with Crippen LogP contribution in [-0.2, 0) is 24.3 Å². The quantitative estimate of drug-likeness (QED) is 0.617. The lowest BCUT2D eigenvalue weighted by atomic mass is 9.83. The maximum atomic E-state index is 13.7. The molecule has 2 heterocycles. The molecule has 1 aliphatic carbocycles. The van der Waals surface area contributed by atoms with Gasteiger partial charge in [0.2, 0.25) is 15.9 Å². The Balaban J connectivity index is 1.86. The summed E-state index contributed by atoms with van der Waals surface area (Å²) in [6.07, 6.45) is 5.30. The number of sulfonamides is 1. The SMILES string of the molecule is CC(C)(C)OC(=O)NC(C(=O)N1CCC2C1C(C(=O)O)CN2S(C)(=O)=O)C1CCCCC1. The van der Waals surface area contributed by atoms with Crippen molar-refractivity contribution in [3.8, 4) is 0 Å². The van der Waals surface area contributed by atoms with Gasteiger partial charge in [0.1, 0.15) is 11.6 Å². The van der Waals surface area contributed by atoms with Crippen molar-refractivity contribution >= 4 is 28.0 Å². The number of hydrogen-bond acceptors (Lipinski definition) is 6. The summed E-state index contributed by atoms with van der Waals surface area (Å²) in [4.78, 5) is 39.7. The van der Waals surface area contributed by atoms with Crippen molar-refractivity contribution in [2.75, 3.05) is 19.3 Å². The zero-order chi connectivity index (χ0) is 23.8. The van der Waals surface area contributed by atoms with Gasteiger partial charge < -0.3 is 20.1 Å². The Morgan fingerprint density at radius 1 is 1.09 bits per heavy atom. The zero-order valence-corrected chi connectivity index (χ0v) is 20.1. The van der Waals surface area contributed by atoms with Gasteiger partial charge >= 0.3 is 12.1 Å². The molecule has 32 heavy (non-hydrogen) atoms. The van der Waals surface area contributed by atoms with Crippen LogP contribution in [0.2, 0.25) is 0 Å². The second-order valence-electron chi connectivity index (χ2n) is 10.2. The van der Waals surface area contributed by atoms with E-state index in [4.69, 9.17) is 4.74 Å². The predicted octanol–water partition coefficient (Wildman–Crippen LogP) is 1.41. The van der Waals surface area contributed by atoms with E-state index >= 15 is 0 Å². The fourth-order valence-electron chi connectivity index (χ4n) is 5.36. The number of alkyl carbamates (subject to hydrolysis) is 1. The maximum absolute atomic E-state index is 13.7. The van der Waals surface area contributed by atoms with E-state index in [1.807, 2.05) is 0 Å². The van der Waals surface area contributed by atoms with Gasteiger partial charge in [-0.15, -0.1) is 0 Å². The number of fused-ring (bicyclic) bond motifs is 1. The number of carboxylic acids is 1. The van der Waals surface area contributed by atoms with Gasteiger partial charge in [-0.25, -0.2) is 13.2 Å². The van der Waals surface area contributed by atoms with Gasteiger partial charge in [-0.2, -0.15) is 4.31 Å². The number of hydrogen-bond donors (Lipinski definition) is 2. The predicted molar refractivity (Wildman–Crippen MR) is 116 cm³/mol. The number of nitrogens with zero attached hydrogens (tertiary/aromatic N) is 2. The van der Waals surface area contributed by atoms with Crippen molar-refractivity contribution < 1.29 is 32.6 Å². The van der Waals surface area contributed by atoms with E-state index in [0.717, 1.165) is 38.4 Å². The van der Waals surface area contributed by atoms with E-state index in [1.165, 1.54) is 9.21 Å². The Morgan fingerprint density at radius 2 is 1.72 bits per heavy atom. The van der Waals surface area contributed by atoms with Gasteiger partial charge in [0, 0.05) is 19.1 Å². The third-order valence-corrected chi connectivity index (χ3v) is 7.94. The molecule has 1 saturated carbocycles. The van der Waals surface area contributed by atoms with Crippen LogP contribution in [0.3, 0.4) is 0 Å². The summed E-state index contributed by atoms with van der Waals surface area (Å²) in [6, 6.07) is -2.14. The topological polar surface area (TPSA) is 133 Å². The van der Waals surface area contributed by atoms with Crippen LogP contribution in [0.25, 0.3) is 0 Å². The highest BCUT2D eigenvalue weighted by molar-refractivity contribution is 7.88. The number of amides is 2. The zero-order valence-electron chi connectivity index (χ0n) is 19.2. The number of carbonyl (C=O) groups is 3. The molecule has 0 radical (unpaired) electrons. The molecule has 0 bridgehead atoms. The number of ether oxygens (including phenoxy) is 1. The lowest BCUT2D eigenvalue weighted by Gasteiger charge is -2.36. The normalized spacial score (nSPS) is 28.2. The number of carbonyl (C=O) groups excluding carboxylic acids is 2. The first-order chi connectivity index (χ1) is 14.8. The Bertz CT molecular complexity index is 848. The summed E-state index contributed by atoms with van der Waals surface area (Å²) in [5.41, 5.74) is -0.723. The molecule has 182 valence electrons. The van der Waals surface area contributed by atoms with Crippen LogP contribution in [0.4, 0.5) is 4.79 Å². The summed E-state index contributed by atoms with van der Waals surface area (Å²) >= 11 is 0. The molecular formula is C21H35N3O7S. The van der Waals surface area contributed by atoms with Crippen molar-refractivity contribution in [2.24, 2.45) is 11.8 Å². The summed E-state index contributed by atoms with van der Waals surface area (Å²) in [5.74, 6) is -2.55. The molecule has 10 nitrogen and oxygen atoms in total. The first-order valence-electron chi connectivity index (χ1n) is 11.3. The highest BCUT2D eigenvalue weighted by Crippen LogP contribution is 2.38. The molecule has 11 heteroatoms. The molecule has 2 amide bonds. The Labute approximate surface area is 189 Å². The van der Waals surface area contributed by atoms with Gasteiger partial charge in [0.05, 0.1) is 18.2 Å². The van der Waals surface area contributed by atoms with Crippen LogP contribution in [0.5, 0.6) is 0 Å². The summed E-state index contributed by atoms with van der Waals surface area (Å²) in [6.45, 7) is 5.32. The lowest BCUT2D eigenvalue weighted by Crippen LogP contribution is -2.56. The molecule has 4 unspecified atom stereocenters. The van der Waals surface area contributed by atoms with Crippen molar-refractivity contribution in [3.05, 3.63) is 0 Å². The van der Waals surface area contributed by atoms with Crippen LogP contribution < -0.4 is 5.32 Å². The van der Waals surface area contributed by atoms with Crippen LogP contribution in [0.15, 0.2) is 0 Å². The molecule has 2 N–H and O–H groups in total. The fourth-order valence-corrected chi connectivity index (χ4v) is 6.51. The minimum absolute atomic E-state index is 0.0708. The smallest absolute Gasteiger partial charge is 0.408 e. The van der Waals surface area contributed by atoms with Crippen LogP contribution >= 0.6 is 0 Å². The number of aliphatic carboxylic acids is 1. The van der Waals surface area contributed by atoms with Crippen molar-refractivity contribution in [1.29, 1.82) is 0 Å². The van der Waals surface area contributed by atoms with Crippen molar-refractivity contribution in [3.63, 3.8) is 0 Å². The van der Waals surface area contributed by atoms with E-state index in [2.05, 4.69) is 5.32 Å². The van der Waals surface area contributed by atoms with E-state index in [9.17, 15) is 27.9 Å². The second kappa shape index (κ2) is 9.17. The molecule has 0 aromatic heterocycles. The van der Waals surface area contributed by atoms with Gasteiger partial charge in [-0.1, -0.05) is 19.3 Å². The third-order valence-electron chi connectivity index (χ3n) is 6.66. The van der Waals surface area contributed by atoms with Crippen LogP contribution in [0, 0.1) is 11.8 Å². The molecule has 2 saturated heterocycles. The van der Waals surface area contributed by atoms with E-state index in [1.54, 1.807) is 20.8 Å². The van der Waals surface area contributed by atoms with Gasteiger partial charge in [0.15, 0.2) is 0 Å². The lowest BCUT2D eigenvalue weighted by molar-refractivity contribution is -0.145. The molecule has 4 atom stereocenters. The van der Waals surface area contributed by atoms with Crippen LogP contribution in [0.1, 0.15) is 59.3 Å². The molecule has 0 aromatic carbocycles. The Morgan fingerprint density at radius 3 is 2.25 bits per heavy atom. The molecule has 3 rings (SSSR count). The minimum atomic E-state index is -3.61. The van der Waals surface area contributed by atoms with E-state index < -0.39 is 51.7 Å². The Hall–Kier alpha value is -1.88. The Kier molecular flexibility index (Phi) is 7.09. The summed E-state index contributed by atoms with van der Waals surface area (Å²) in [5, 5.41) is 12.5. The van der Waals surface area contributed by atoms with Gasteiger partial charge in [-0.05, 0) is 46.0 Å². The average molecular weight is 474 g/mol. The van der Waals surface area contributed by atoms with Crippen LogP contribution in [-0.4, -0.2) is 83.8 Å². The van der Waals surface area contributed by atoms with Gasteiger partial charge in [0.25, 0.3) is 0 Å². The molecule has 3 fully saturated rings. The molecular weight excluding hydrogens is 438 g/mol. The first-order valence-corrected chi connectivity index (χ1v) is 13.1. The molecule has 3 aliphatic rings. The number of rotatable bonds is 5.